The Kier molecular flexibility index (Phi) is 5.42. The number of para-hydroxylation sites is 1. The molecule has 0 amide bonds. The SMILES string of the molecule is CCOC(=O)[C@@H](C(=O)CSc1nnc2sc3ccccc3n12)c1nc(C)cs1. The maximum absolute atomic E-state index is 12.9. The van der Waals surface area contributed by atoms with E-state index in [2.05, 4.69) is 15.2 Å². The zero-order valence-electron chi connectivity index (χ0n) is 15.1. The molecule has 144 valence electrons. The molecule has 3 aromatic heterocycles. The number of benzene rings is 1. The van der Waals surface area contributed by atoms with Crippen LogP contribution in [0.4, 0.5) is 0 Å². The summed E-state index contributed by atoms with van der Waals surface area (Å²) in [4.78, 5) is 30.4. The molecule has 4 rings (SSSR count). The number of thiazole rings is 2. The summed E-state index contributed by atoms with van der Waals surface area (Å²) in [6, 6.07) is 7.95. The quantitative estimate of drug-likeness (QED) is 0.250. The number of hydrogen-bond donors (Lipinski definition) is 0. The van der Waals surface area contributed by atoms with Crippen molar-refractivity contribution in [3.05, 3.63) is 40.3 Å². The minimum absolute atomic E-state index is 0.0765. The molecule has 3 heterocycles. The van der Waals surface area contributed by atoms with Gasteiger partial charge in [0.15, 0.2) is 16.9 Å². The molecule has 0 saturated heterocycles. The summed E-state index contributed by atoms with van der Waals surface area (Å²) in [7, 11) is 0. The lowest BCUT2D eigenvalue weighted by atomic mass is 10.1. The van der Waals surface area contributed by atoms with Crippen molar-refractivity contribution in [2.24, 2.45) is 0 Å². The summed E-state index contributed by atoms with van der Waals surface area (Å²) in [6.07, 6.45) is 0. The zero-order chi connectivity index (χ0) is 19.7. The summed E-state index contributed by atoms with van der Waals surface area (Å²) in [5.41, 5.74) is 1.78. The number of esters is 1. The number of rotatable bonds is 7. The first kappa shape index (κ1) is 19.0. The smallest absolute Gasteiger partial charge is 0.323 e. The number of aromatic nitrogens is 4. The van der Waals surface area contributed by atoms with Crippen LogP contribution in [0, 0.1) is 6.92 Å². The summed E-state index contributed by atoms with van der Waals surface area (Å²) >= 11 is 4.10. The fourth-order valence-corrected chi connectivity index (χ4v) is 5.55. The zero-order valence-corrected chi connectivity index (χ0v) is 17.6. The predicted octanol–water partition coefficient (Wildman–Crippen LogP) is 3.72. The van der Waals surface area contributed by atoms with Gasteiger partial charge >= 0.3 is 5.97 Å². The van der Waals surface area contributed by atoms with Crippen molar-refractivity contribution in [1.82, 2.24) is 19.6 Å². The minimum atomic E-state index is -1.01. The maximum atomic E-state index is 12.9. The van der Waals surface area contributed by atoms with E-state index in [0.29, 0.717) is 10.2 Å². The van der Waals surface area contributed by atoms with E-state index < -0.39 is 11.9 Å². The largest absolute Gasteiger partial charge is 0.465 e. The van der Waals surface area contributed by atoms with E-state index >= 15 is 0 Å². The van der Waals surface area contributed by atoms with Gasteiger partial charge in [0.2, 0.25) is 4.96 Å². The molecule has 10 heteroatoms. The molecule has 0 unspecified atom stereocenters. The van der Waals surface area contributed by atoms with Crippen molar-refractivity contribution >= 4 is 61.4 Å². The molecule has 28 heavy (non-hydrogen) atoms. The fourth-order valence-electron chi connectivity index (χ4n) is 2.77. The van der Waals surface area contributed by atoms with Crippen LogP contribution in [-0.2, 0) is 14.3 Å². The highest BCUT2D eigenvalue weighted by Crippen LogP contribution is 2.31. The third-order valence-electron chi connectivity index (χ3n) is 3.98. The first-order chi connectivity index (χ1) is 13.6. The molecule has 0 aliphatic heterocycles. The molecule has 7 nitrogen and oxygen atoms in total. The molecular weight excluding hydrogens is 416 g/mol. The highest BCUT2D eigenvalue weighted by molar-refractivity contribution is 7.99. The molecule has 1 aromatic carbocycles. The second kappa shape index (κ2) is 7.98. The van der Waals surface area contributed by atoms with Crippen LogP contribution in [-0.4, -0.2) is 43.7 Å². The Bertz CT molecular complexity index is 1160. The van der Waals surface area contributed by atoms with Gasteiger partial charge in [-0.1, -0.05) is 35.2 Å². The summed E-state index contributed by atoms with van der Waals surface area (Å²) < 4.78 is 8.14. The first-order valence-corrected chi connectivity index (χ1v) is 11.2. The minimum Gasteiger partial charge on any atom is -0.465 e. The van der Waals surface area contributed by atoms with E-state index in [1.54, 1.807) is 18.3 Å². The lowest BCUT2D eigenvalue weighted by Gasteiger charge is -2.11. The van der Waals surface area contributed by atoms with Crippen molar-refractivity contribution in [1.29, 1.82) is 0 Å². The molecule has 1 atom stereocenters. The van der Waals surface area contributed by atoms with Crippen molar-refractivity contribution in [3.8, 4) is 0 Å². The summed E-state index contributed by atoms with van der Waals surface area (Å²) in [6.45, 7) is 3.76. The van der Waals surface area contributed by atoms with Crippen molar-refractivity contribution in [3.63, 3.8) is 0 Å². The fraction of sp³-hybridized carbons (Fsp3) is 0.278. The number of Topliss-reactive ketones (excluding diaryl/α,β-unsaturated/α-hetero) is 1. The lowest BCUT2D eigenvalue weighted by molar-refractivity contribution is -0.147. The van der Waals surface area contributed by atoms with Crippen LogP contribution in [0.3, 0.4) is 0 Å². The van der Waals surface area contributed by atoms with Gasteiger partial charge in [0.05, 0.1) is 22.6 Å². The Morgan fingerprint density at radius 1 is 1.29 bits per heavy atom. The average molecular weight is 433 g/mol. The number of carbonyl (C=O) groups excluding carboxylic acids is 2. The number of ether oxygens (including phenoxy) is 1. The molecule has 0 bridgehead atoms. The number of carbonyl (C=O) groups is 2. The van der Waals surface area contributed by atoms with Crippen molar-refractivity contribution in [2.45, 2.75) is 24.9 Å². The van der Waals surface area contributed by atoms with Gasteiger partial charge in [-0.15, -0.1) is 21.5 Å². The molecule has 0 spiro atoms. The van der Waals surface area contributed by atoms with Gasteiger partial charge in [-0.2, -0.15) is 0 Å². The number of nitrogens with zero attached hydrogens (tertiary/aromatic N) is 4. The number of hydrogen-bond acceptors (Lipinski definition) is 9. The van der Waals surface area contributed by atoms with Gasteiger partial charge in [-0.05, 0) is 26.0 Å². The third-order valence-corrected chi connectivity index (χ3v) is 6.97. The lowest BCUT2D eigenvalue weighted by Crippen LogP contribution is -2.25. The monoisotopic (exact) mass is 432 g/mol. The van der Waals surface area contributed by atoms with E-state index in [1.165, 1.54) is 23.1 Å². The van der Waals surface area contributed by atoms with Gasteiger partial charge in [0.25, 0.3) is 0 Å². The number of ketones is 1. The molecule has 0 N–H and O–H groups in total. The first-order valence-electron chi connectivity index (χ1n) is 8.55. The van der Waals surface area contributed by atoms with Crippen LogP contribution in [0.5, 0.6) is 0 Å². The predicted molar refractivity (Wildman–Crippen MR) is 110 cm³/mol. The second-order valence-corrected chi connectivity index (χ2v) is 8.78. The van der Waals surface area contributed by atoms with Crippen LogP contribution in [0.15, 0.2) is 34.8 Å². The van der Waals surface area contributed by atoms with Crippen LogP contribution >= 0.6 is 34.4 Å². The molecule has 0 aliphatic carbocycles. The van der Waals surface area contributed by atoms with Gasteiger partial charge in [-0.25, -0.2) is 4.98 Å². The maximum Gasteiger partial charge on any atom is 0.323 e. The molecule has 0 saturated carbocycles. The van der Waals surface area contributed by atoms with E-state index in [1.807, 2.05) is 41.0 Å². The molecule has 0 radical (unpaired) electrons. The van der Waals surface area contributed by atoms with Crippen LogP contribution in [0.2, 0.25) is 0 Å². The Morgan fingerprint density at radius 2 is 2.11 bits per heavy atom. The summed E-state index contributed by atoms with van der Waals surface area (Å²) in [5, 5.41) is 11.3. The van der Waals surface area contributed by atoms with Gasteiger partial charge < -0.3 is 4.74 Å². The average Bonchev–Trinajstić information content (AvgIpc) is 3.36. The number of thioether (sulfide) groups is 1. The molecule has 0 aliphatic rings. The normalized spacial score (nSPS) is 12.5. The Hall–Kier alpha value is -2.30. The Balaban J connectivity index is 1.58. The van der Waals surface area contributed by atoms with Crippen LogP contribution in [0.1, 0.15) is 23.5 Å². The standard InChI is InChI=1S/C18H16N4O3S3/c1-3-25-16(24)14(15-19-10(2)8-26-15)12(23)9-27-17-20-21-18-22(17)11-6-4-5-7-13(11)28-18/h4-8,14H,3,9H2,1-2H3/t14-/m0/s1. The highest BCUT2D eigenvalue weighted by atomic mass is 32.2. The van der Waals surface area contributed by atoms with E-state index in [9.17, 15) is 9.59 Å². The number of aryl methyl sites for hydroxylation is 1. The Morgan fingerprint density at radius 3 is 2.86 bits per heavy atom. The van der Waals surface area contributed by atoms with Gasteiger partial charge in [0, 0.05) is 11.1 Å². The Labute approximate surface area is 172 Å². The van der Waals surface area contributed by atoms with Crippen LogP contribution in [0.25, 0.3) is 15.2 Å². The third kappa shape index (κ3) is 3.54. The van der Waals surface area contributed by atoms with E-state index in [0.717, 1.165) is 20.9 Å². The van der Waals surface area contributed by atoms with Crippen molar-refractivity contribution < 1.29 is 14.3 Å². The molecule has 0 fully saturated rings. The van der Waals surface area contributed by atoms with Gasteiger partial charge in [-0.3, -0.25) is 14.0 Å². The molecule has 4 aromatic rings. The highest BCUT2D eigenvalue weighted by Gasteiger charge is 2.32. The number of fused-ring (bicyclic) bond motifs is 3. The molecular formula is C18H16N4O3S3. The van der Waals surface area contributed by atoms with E-state index in [-0.39, 0.29) is 18.1 Å². The van der Waals surface area contributed by atoms with Crippen LogP contribution < -0.4 is 0 Å². The second-order valence-electron chi connectivity index (χ2n) is 5.94. The van der Waals surface area contributed by atoms with Gasteiger partial charge in [0.1, 0.15) is 5.01 Å². The van der Waals surface area contributed by atoms with Crippen molar-refractivity contribution in [2.75, 3.05) is 12.4 Å². The summed E-state index contributed by atoms with van der Waals surface area (Å²) in [5.74, 6) is -1.75. The topological polar surface area (TPSA) is 86.5 Å². The van der Waals surface area contributed by atoms with E-state index in [4.69, 9.17) is 4.74 Å².